The van der Waals surface area contributed by atoms with Gasteiger partial charge in [-0.2, -0.15) is 5.10 Å². The van der Waals surface area contributed by atoms with E-state index in [0.29, 0.717) is 23.9 Å². The van der Waals surface area contributed by atoms with Gasteiger partial charge in [-0.25, -0.2) is 0 Å². The van der Waals surface area contributed by atoms with Crippen LogP contribution >= 0.6 is 11.6 Å². The number of aromatic nitrogens is 2. The van der Waals surface area contributed by atoms with Gasteiger partial charge in [-0.1, -0.05) is 29.8 Å². The van der Waals surface area contributed by atoms with Gasteiger partial charge in [0.2, 0.25) is 5.91 Å². The first-order valence-corrected chi connectivity index (χ1v) is 9.68. The van der Waals surface area contributed by atoms with Crippen molar-refractivity contribution in [2.75, 3.05) is 13.1 Å². The fourth-order valence-corrected chi connectivity index (χ4v) is 3.80. The molecule has 0 bridgehead atoms. The van der Waals surface area contributed by atoms with Crippen LogP contribution in [0.15, 0.2) is 36.7 Å². The number of hydrogen-bond acceptors (Lipinski definition) is 3. The zero-order valence-electron chi connectivity index (χ0n) is 15.3. The lowest BCUT2D eigenvalue weighted by atomic mass is 9.93. The van der Waals surface area contributed by atoms with Crippen molar-refractivity contribution in [3.05, 3.63) is 52.8 Å². The molecule has 1 unspecified atom stereocenters. The van der Waals surface area contributed by atoms with Crippen molar-refractivity contribution in [2.24, 2.45) is 13.0 Å². The molecule has 1 aliphatic heterocycles. The van der Waals surface area contributed by atoms with Crippen molar-refractivity contribution < 1.29 is 4.79 Å². The molecule has 0 aliphatic carbocycles. The summed E-state index contributed by atoms with van der Waals surface area (Å²) in [5.41, 5.74) is 2.22. The van der Waals surface area contributed by atoms with Crippen LogP contribution in [0, 0.1) is 5.92 Å². The quantitative estimate of drug-likeness (QED) is 0.808. The highest BCUT2D eigenvalue weighted by Crippen LogP contribution is 2.22. The third-order valence-electron chi connectivity index (χ3n) is 4.98. The highest BCUT2D eigenvalue weighted by Gasteiger charge is 2.21. The predicted molar refractivity (Wildman–Crippen MR) is 104 cm³/mol. The fraction of sp³-hybridized carbons (Fsp3) is 0.500. The van der Waals surface area contributed by atoms with E-state index >= 15 is 0 Å². The Morgan fingerprint density at radius 3 is 3.00 bits per heavy atom. The number of piperidine rings is 1. The number of rotatable bonds is 7. The SMILES string of the molecule is Cn1cc(CN2CCCC(CCC(=O)NCc3ccccc3Cl)C2)cn1. The summed E-state index contributed by atoms with van der Waals surface area (Å²) >= 11 is 6.13. The second-order valence-corrected chi connectivity index (χ2v) is 7.58. The number of benzene rings is 1. The van der Waals surface area contributed by atoms with Gasteiger partial charge in [0.25, 0.3) is 0 Å². The van der Waals surface area contributed by atoms with Crippen LogP contribution in [0.3, 0.4) is 0 Å². The Balaban J connectivity index is 1.39. The van der Waals surface area contributed by atoms with Crippen molar-refractivity contribution in [1.29, 1.82) is 0 Å². The molecule has 1 N–H and O–H groups in total. The summed E-state index contributed by atoms with van der Waals surface area (Å²) in [6.07, 6.45) is 7.94. The van der Waals surface area contributed by atoms with Gasteiger partial charge in [0, 0.05) is 49.9 Å². The molecule has 0 saturated carbocycles. The zero-order valence-corrected chi connectivity index (χ0v) is 16.1. The van der Waals surface area contributed by atoms with Gasteiger partial charge in [0.05, 0.1) is 6.20 Å². The molecule has 3 rings (SSSR count). The highest BCUT2D eigenvalue weighted by atomic mass is 35.5. The fourth-order valence-electron chi connectivity index (χ4n) is 3.60. The molecule has 26 heavy (non-hydrogen) atoms. The van der Waals surface area contributed by atoms with Gasteiger partial charge in [-0.15, -0.1) is 0 Å². The molecular formula is C20H27ClN4O. The molecule has 140 valence electrons. The number of aryl methyl sites for hydroxylation is 1. The number of likely N-dealkylation sites (tertiary alicyclic amines) is 1. The van der Waals surface area contributed by atoms with Crippen LogP contribution in [0.2, 0.25) is 5.02 Å². The second kappa shape index (κ2) is 9.19. The minimum Gasteiger partial charge on any atom is -0.352 e. The number of nitrogens with zero attached hydrogens (tertiary/aromatic N) is 3. The van der Waals surface area contributed by atoms with Gasteiger partial charge in [0.15, 0.2) is 0 Å². The molecule has 1 saturated heterocycles. The maximum Gasteiger partial charge on any atom is 0.220 e. The molecule has 1 aromatic carbocycles. The van der Waals surface area contributed by atoms with Crippen LogP contribution in [0.4, 0.5) is 0 Å². The standard InChI is InChI=1S/C20H27ClN4O/c1-24-13-17(11-23-24)15-25-10-4-5-16(14-25)8-9-20(26)22-12-18-6-2-3-7-19(18)21/h2-3,6-7,11,13,16H,4-5,8-10,12,14-15H2,1H3,(H,22,26). The summed E-state index contributed by atoms with van der Waals surface area (Å²) in [7, 11) is 1.95. The topological polar surface area (TPSA) is 50.2 Å². The van der Waals surface area contributed by atoms with Gasteiger partial charge in [0.1, 0.15) is 0 Å². The van der Waals surface area contributed by atoms with Gasteiger partial charge < -0.3 is 5.32 Å². The van der Waals surface area contributed by atoms with Crippen LogP contribution < -0.4 is 5.32 Å². The maximum absolute atomic E-state index is 12.2. The number of carbonyl (C=O) groups is 1. The minimum absolute atomic E-state index is 0.106. The van der Waals surface area contributed by atoms with E-state index in [1.165, 1.54) is 18.4 Å². The van der Waals surface area contributed by atoms with E-state index in [1.807, 2.05) is 42.2 Å². The molecule has 6 heteroatoms. The van der Waals surface area contributed by atoms with E-state index in [4.69, 9.17) is 11.6 Å². The smallest absolute Gasteiger partial charge is 0.220 e. The molecule has 1 atom stereocenters. The molecule has 1 amide bonds. The van der Waals surface area contributed by atoms with E-state index in [9.17, 15) is 4.79 Å². The van der Waals surface area contributed by atoms with Crippen molar-refractivity contribution in [3.63, 3.8) is 0 Å². The van der Waals surface area contributed by atoms with E-state index < -0.39 is 0 Å². The monoisotopic (exact) mass is 374 g/mol. The average molecular weight is 375 g/mol. The lowest BCUT2D eigenvalue weighted by Crippen LogP contribution is -2.35. The minimum atomic E-state index is 0.106. The van der Waals surface area contributed by atoms with E-state index in [0.717, 1.165) is 31.6 Å². The van der Waals surface area contributed by atoms with E-state index in [1.54, 1.807) is 0 Å². The molecule has 2 heterocycles. The summed E-state index contributed by atoms with van der Waals surface area (Å²) in [6.45, 7) is 3.64. The second-order valence-electron chi connectivity index (χ2n) is 7.17. The van der Waals surface area contributed by atoms with Crippen LogP contribution in [-0.2, 0) is 24.9 Å². The predicted octanol–water partition coefficient (Wildman–Crippen LogP) is 3.38. The first-order chi connectivity index (χ1) is 12.6. The number of carbonyl (C=O) groups excluding carboxylic acids is 1. The van der Waals surface area contributed by atoms with Crippen LogP contribution in [-0.4, -0.2) is 33.7 Å². The molecule has 2 aromatic rings. The molecule has 1 fully saturated rings. The summed E-state index contributed by atoms with van der Waals surface area (Å²) in [5, 5.41) is 7.93. The van der Waals surface area contributed by atoms with Crippen LogP contribution in [0.25, 0.3) is 0 Å². The number of hydrogen-bond donors (Lipinski definition) is 1. The van der Waals surface area contributed by atoms with Crippen molar-refractivity contribution in [3.8, 4) is 0 Å². The van der Waals surface area contributed by atoms with Crippen LogP contribution in [0.5, 0.6) is 0 Å². The molecule has 0 radical (unpaired) electrons. The average Bonchev–Trinajstić information content (AvgIpc) is 3.04. The molecule has 0 spiro atoms. The van der Waals surface area contributed by atoms with Gasteiger partial charge >= 0.3 is 0 Å². The molecule has 1 aromatic heterocycles. The largest absolute Gasteiger partial charge is 0.352 e. The Kier molecular flexibility index (Phi) is 6.69. The molecule has 5 nitrogen and oxygen atoms in total. The summed E-state index contributed by atoms with van der Waals surface area (Å²) in [4.78, 5) is 14.6. The summed E-state index contributed by atoms with van der Waals surface area (Å²) in [5.74, 6) is 0.695. The lowest BCUT2D eigenvalue weighted by Gasteiger charge is -2.32. The molecule has 1 aliphatic rings. The molecular weight excluding hydrogens is 348 g/mol. The zero-order chi connectivity index (χ0) is 18.4. The van der Waals surface area contributed by atoms with Gasteiger partial charge in [-0.05, 0) is 43.4 Å². The number of amides is 1. The lowest BCUT2D eigenvalue weighted by molar-refractivity contribution is -0.121. The number of nitrogens with one attached hydrogen (secondary N) is 1. The maximum atomic E-state index is 12.2. The third kappa shape index (κ3) is 5.58. The van der Waals surface area contributed by atoms with E-state index in [-0.39, 0.29) is 5.91 Å². The first-order valence-electron chi connectivity index (χ1n) is 9.30. The Morgan fingerprint density at radius 1 is 1.38 bits per heavy atom. The van der Waals surface area contributed by atoms with Crippen molar-refractivity contribution in [1.82, 2.24) is 20.0 Å². The van der Waals surface area contributed by atoms with Crippen molar-refractivity contribution in [2.45, 2.75) is 38.8 Å². The Morgan fingerprint density at radius 2 is 2.23 bits per heavy atom. The summed E-state index contributed by atoms with van der Waals surface area (Å²) < 4.78 is 1.85. The summed E-state index contributed by atoms with van der Waals surface area (Å²) in [6, 6.07) is 7.63. The van der Waals surface area contributed by atoms with E-state index in [2.05, 4.69) is 21.5 Å². The number of halogens is 1. The van der Waals surface area contributed by atoms with Gasteiger partial charge in [-0.3, -0.25) is 14.4 Å². The Labute approximate surface area is 160 Å². The Bertz CT molecular complexity index is 730. The highest BCUT2D eigenvalue weighted by molar-refractivity contribution is 6.31. The third-order valence-corrected chi connectivity index (χ3v) is 5.35. The first kappa shape index (κ1) is 18.9. The normalized spacial score (nSPS) is 18.0. The Hall–Kier alpha value is -1.85. The van der Waals surface area contributed by atoms with Crippen LogP contribution in [0.1, 0.15) is 36.8 Å². The van der Waals surface area contributed by atoms with Crippen molar-refractivity contribution >= 4 is 17.5 Å².